The number of rotatable bonds is 4. The SMILES string of the molecule is CNc1nc(-c2ccc(OC)cc2)nc(N(C)C)n1. The highest BCUT2D eigenvalue weighted by molar-refractivity contribution is 5.59. The Balaban J connectivity index is 2.44. The van der Waals surface area contributed by atoms with Crippen LogP contribution >= 0.6 is 0 Å². The maximum atomic E-state index is 5.14. The number of aromatic nitrogens is 3. The molecule has 1 aromatic carbocycles. The molecule has 2 aromatic rings. The zero-order chi connectivity index (χ0) is 13.8. The van der Waals surface area contributed by atoms with Crippen LogP contribution in [0.25, 0.3) is 11.4 Å². The summed E-state index contributed by atoms with van der Waals surface area (Å²) in [5.74, 6) is 2.60. The molecule has 0 atom stereocenters. The Labute approximate surface area is 112 Å². The summed E-state index contributed by atoms with van der Waals surface area (Å²) >= 11 is 0. The molecule has 1 aromatic heterocycles. The van der Waals surface area contributed by atoms with Gasteiger partial charge in [-0.15, -0.1) is 0 Å². The van der Waals surface area contributed by atoms with Gasteiger partial charge in [-0.2, -0.15) is 15.0 Å². The van der Waals surface area contributed by atoms with E-state index in [1.54, 1.807) is 14.2 Å². The molecule has 0 saturated heterocycles. The smallest absolute Gasteiger partial charge is 0.230 e. The summed E-state index contributed by atoms with van der Waals surface area (Å²) in [7, 11) is 7.22. The Morgan fingerprint density at radius 3 is 2.26 bits per heavy atom. The van der Waals surface area contributed by atoms with Gasteiger partial charge >= 0.3 is 0 Å². The molecular formula is C13H17N5O. The van der Waals surface area contributed by atoms with Gasteiger partial charge in [0.05, 0.1) is 7.11 Å². The predicted molar refractivity (Wildman–Crippen MR) is 75.7 cm³/mol. The fourth-order valence-electron chi connectivity index (χ4n) is 1.55. The molecule has 0 saturated carbocycles. The summed E-state index contributed by atoms with van der Waals surface area (Å²) in [4.78, 5) is 14.9. The van der Waals surface area contributed by atoms with Crippen LogP contribution in [-0.2, 0) is 0 Å². The number of benzene rings is 1. The lowest BCUT2D eigenvalue weighted by atomic mass is 10.2. The van der Waals surface area contributed by atoms with Crippen molar-refractivity contribution in [1.29, 1.82) is 0 Å². The zero-order valence-electron chi connectivity index (χ0n) is 11.5. The summed E-state index contributed by atoms with van der Waals surface area (Å²) in [6.45, 7) is 0. The van der Waals surface area contributed by atoms with Gasteiger partial charge in [-0.05, 0) is 24.3 Å². The zero-order valence-corrected chi connectivity index (χ0v) is 11.5. The first-order chi connectivity index (χ1) is 9.13. The van der Waals surface area contributed by atoms with Gasteiger partial charge < -0.3 is 15.0 Å². The van der Waals surface area contributed by atoms with Crippen LogP contribution in [0.3, 0.4) is 0 Å². The van der Waals surface area contributed by atoms with Crippen LogP contribution in [0.15, 0.2) is 24.3 Å². The second kappa shape index (κ2) is 5.51. The molecule has 1 heterocycles. The average Bonchev–Trinajstić information content (AvgIpc) is 2.46. The van der Waals surface area contributed by atoms with Crippen LogP contribution in [0.4, 0.5) is 11.9 Å². The molecule has 2 rings (SSSR count). The van der Waals surface area contributed by atoms with E-state index in [1.165, 1.54) is 0 Å². The Morgan fingerprint density at radius 2 is 1.74 bits per heavy atom. The van der Waals surface area contributed by atoms with Crippen molar-refractivity contribution in [2.75, 3.05) is 38.5 Å². The van der Waals surface area contributed by atoms with E-state index in [0.29, 0.717) is 17.7 Å². The van der Waals surface area contributed by atoms with Crippen molar-refractivity contribution in [3.8, 4) is 17.1 Å². The minimum Gasteiger partial charge on any atom is -0.497 e. The molecule has 0 aliphatic rings. The van der Waals surface area contributed by atoms with Crippen LogP contribution in [0.2, 0.25) is 0 Å². The van der Waals surface area contributed by atoms with E-state index in [0.717, 1.165) is 11.3 Å². The minimum absolute atomic E-state index is 0.546. The monoisotopic (exact) mass is 259 g/mol. The molecule has 19 heavy (non-hydrogen) atoms. The van der Waals surface area contributed by atoms with Gasteiger partial charge in [-0.1, -0.05) is 0 Å². The summed E-state index contributed by atoms with van der Waals surface area (Å²) < 4.78 is 5.14. The number of anilines is 2. The van der Waals surface area contributed by atoms with Gasteiger partial charge in [0.15, 0.2) is 5.82 Å². The quantitative estimate of drug-likeness (QED) is 0.901. The number of nitrogens with zero attached hydrogens (tertiary/aromatic N) is 4. The Bertz CT molecular complexity index is 553. The maximum Gasteiger partial charge on any atom is 0.230 e. The largest absolute Gasteiger partial charge is 0.497 e. The summed E-state index contributed by atoms with van der Waals surface area (Å²) in [6.07, 6.45) is 0. The molecular weight excluding hydrogens is 242 g/mol. The van der Waals surface area contributed by atoms with E-state index in [2.05, 4.69) is 20.3 Å². The molecule has 0 fully saturated rings. The number of ether oxygens (including phenoxy) is 1. The fraction of sp³-hybridized carbons (Fsp3) is 0.308. The van der Waals surface area contributed by atoms with Crippen LogP contribution < -0.4 is 15.0 Å². The third kappa shape index (κ3) is 2.90. The van der Waals surface area contributed by atoms with E-state index in [1.807, 2.05) is 43.3 Å². The third-order valence-electron chi connectivity index (χ3n) is 2.60. The van der Waals surface area contributed by atoms with E-state index >= 15 is 0 Å². The van der Waals surface area contributed by atoms with Crippen LogP contribution in [0, 0.1) is 0 Å². The molecule has 6 nitrogen and oxygen atoms in total. The van der Waals surface area contributed by atoms with Gasteiger partial charge in [0.25, 0.3) is 0 Å². The Kier molecular flexibility index (Phi) is 3.79. The molecule has 0 bridgehead atoms. The summed E-state index contributed by atoms with van der Waals surface area (Å²) in [6, 6.07) is 7.61. The number of hydrogen-bond acceptors (Lipinski definition) is 6. The number of nitrogens with one attached hydrogen (secondary N) is 1. The van der Waals surface area contributed by atoms with Gasteiger partial charge in [-0.3, -0.25) is 0 Å². The summed E-state index contributed by atoms with van der Waals surface area (Å²) in [5.41, 5.74) is 0.919. The lowest BCUT2D eigenvalue weighted by Crippen LogP contribution is -2.15. The van der Waals surface area contributed by atoms with Gasteiger partial charge in [-0.25, -0.2) is 0 Å². The second-order valence-corrected chi connectivity index (χ2v) is 4.16. The Morgan fingerprint density at radius 1 is 1.05 bits per heavy atom. The highest BCUT2D eigenvalue weighted by Gasteiger charge is 2.09. The molecule has 100 valence electrons. The molecule has 0 unspecified atom stereocenters. The minimum atomic E-state index is 0.546. The van der Waals surface area contributed by atoms with E-state index < -0.39 is 0 Å². The van der Waals surface area contributed by atoms with Crippen LogP contribution in [0.5, 0.6) is 5.75 Å². The van der Waals surface area contributed by atoms with Gasteiger partial charge in [0, 0.05) is 26.7 Å². The van der Waals surface area contributed by atoms with Crippen molar-refractivity contribution in [2.24, 2.45) is 0 Å². The molecule has 1 N–H and O–H groups in total. The van der Waals surface area contributed by atoms with Crippen molar-refractivity contribution in [3.63, 3.8) is 0 Å². The first kappa shape index (κ1) is 13.1. The molecule has 0 spiro atoms. The predicted octanol–water partition coefficient (Wildman–Crippen LogP) is 1.65. The van der Waals surface area contributed by atoms with E-state index in [-0.39, 0.29) is 0 Å². The number of hydrogen-bond donors (Lipinski definition) is 1. The highest BCUT2D eigenvalue weighted by Crippen LogP contribution is 2.21. The first-order valence-electron chi connectivity index (χ1n) is 5.89. The molecule has 0 amide bonds. The van der Waals surface area contributed by atoms with Crippen molar-refractivity contribution < 1.29 is 4.74 Å². The molecule has 0 aliphatic carbocycles. The Hall–Kier alpha value is -2.37. The van der Waals surface area contributed by atoms with E-state index in [9.17, 15) is 0 Å². The first-order valence-corrected chi connectivity index (χ1v) is 5.89. The standard InChI is InChI=1S/C13H17N5O/c1-14-12-15-11(16-13(17-12)18(2)3)9-5-7-10(19-4)8-6-9/h5-8H,1-4H3,(H,14,15,16,17). The van der Waals surface area contributed by atoms with Gasteiger partial charge in [0.1, 0.15) is 5.75 Å². The number of methoxy groups -OCH3 is 1. The van der Waals surface area contributed by atoms with Crippen molar-refractivity contribution in [1.82, 2.24) is 15.0 Å². The normalized spacial score (nSPS) is 10.1. The highest BCUT2D eigenvalue weighted by atomic mass is 16.5. The van der Waals surface area contributed by atoms with Crippen LogP contribution in [-0.4, -0.2) is 43.2 Å². The average molecular weight is 259 g/mol. The molecule has 0 aliphatic heterocycles. The van der Waals surface area contributed by atoms with E-state index in [4.69, 9.17) is 4.74 Å². The van der Waals surface area contributed by atoms with Crippen molar-refractivity contribution >= 4 is 11.9 Å². The maximum absolute atomic E-state index is 5.14. The lowest BCUT2D eigenvalue weighted by molar-refractivity contribution is 0.415. The van der Waals surface area contributed by atoms with Crippen molar-refractivity contribution in [2.45, 2.75) is 0 Å². The topological polar surface area (TPSA) is 63.2 Å². The fourth-order valence-corrected chi connectivity index (χ4v) is 1.55. The lowest BCUT2D eigenvalue weighted by Gasteiger charge is -2.12. The van der Waals surface area contributed by atoms with Crippen molar-refractivity contribution in [3.05, 3.63) is 24.3 Å². The van der Waals surface area contributed by atoms with Crippen LogP contribution in [0.1, 0.15) is 0 Å². The summed E-state index contributed by atoms with van der Waals surface area (Å²) in [5, 5.41) is 2.94. The third-order valence-corrected chi connectivity index (χ3v) is 2.60. The van der Waals surface area contributed by atoms with Gasteiger partial charge in [0.2, 0.25) is 11.9 Å². The molecule has 6 heteroatoms. The second-order valence-electron chi connectivity index (χ2n) is 4.16. The molecule has 0 radical (unpaired) electrons.